The zero-order valence-electron chi connectivity index (χ0n) is 12.4. The van der Waals surface area contributed by atoms with E-state index in [4.69, 9.17) is 4.74 Å². The molecule has 20 heavy (non-hydrogen) atoms. The van der Waals surface area contributed by atoms with Crippen molar-refractivity contribution < 1.29 is 19.1 Å². The number of carbonyl (C=O) groups is 2. The summed E-state index contributed by atoms with van der Waals surface area (Å²) in [6.45, 7) is 7.77. The summed E-state index contributed by atoms with van der Waals surface area (Å²) in [5.74, 6) is 0. The number of ether oxygens (including phenoxy) is 2. The minimum Gasteiger partial charge on any atom is -0.428 e. The molecular weight excluding hydrogens is 258 g/mol. The Morgan fingerprint density at radius 1 is 1.15 bits per heavy atom. The molecule has 110 valence electrons. The standard InChI is InChI=1S/C15H21NO4/c1-5-16(11-12-9-7-6-8-10-12)13(17)19-14(18)20-15(2,3)4/h6-10H,5,11H2,1-4H3. The van der Waals surface area contributed by atoms with Gasteiger partial charge in [-0.3, -0.25) is 0 Å². The van der Waals surface area contributed by atoms with E-state index in [-0.39, 0.29) is 0 Å². The molecule has 0 heterocycles. The fourth-order valence-corrected chi connectivity index (χ4v) is 1.52. The molecule has 0 aliphatic heterocycles. The third kappa shape index (κ3) is 5.73. The molecule has 1 amide bonds. The summed E-state index contributed by atoms with van der Waals surface area (Å²) in [4.78, 5) is 24.8. The monoisotopic (exact) mass is 279 g/mol. The number of benzene rings is 1. The van der Waals surface area contributed by atoms with Crippen LogP contribution >= 0.6 is 0 Å². The van der Waals surface area contributed by atoms with Crippen LogP contribution < -0.4 is 0 Å². The highest BCUT2D eigenvalue weighted by molar-refractivity contribution is 5.80. The smallest absolute Gasteiger partial charge is 0.428 e. The first-order valence-corrected chi connectivity index (χ1v) is 6.55. The average Bonchev–Trinajstić information content (AvgIpc) is 2.34. The summed E-state index contributed by atoms with van der Waals surface area (Å²) < 4.78 is 9.62. The molecule has 0 aliphatic rings. The number of amides is 1. The normalized spacial score (nSPS) is 10.8. The van der Waals surface area contributed by atoms with E-state index < -0.39 is 17.8 Å². The summed E-state index contributed by atoms with van der Waals surface area (Å²) in [7, 11) is 0. The lowest BCUT2D eigenvalue weighted by Gasteiger charge is -2.22. The van der Waals surface area contributed by atoms with E-state index in [0.717, 1.165) is 5.56 Å². The molecule has 0 aromatic heterocycles. The van der Waals surface area contributed by atoms with E-state index in [1.54, 1.807) is 20.8 Å². The van der Waals surface area contributed by atoms with E-state index in [0.29, 0.717) is 13.1 Å². The van der Waals surface area contributed by atoms with Crippen molar-refractivity contribution in [3.8, 4) is 0 Å². The van der Waals surface area contributed by atoms with Gasteiger partial charge in [0.2, 0.25) is 0 Å². The number of carbonyl (C=O) groups excluding carboxylic acids is 2. The third-order valence-corrected chi connectivity index (χ3v) is 2.42. The van der Waals surface area contributed by atoms with E-state index in [1.807, 2.05) is 37.3 Å². The molecule has 0 bridgehead atoms. The van der Waals surface area contributed by atoms with Crippen LogP contribution in [0.1, 0.15) is 33.3 Å². The Hall–Kier alpha value is -2.04. The first kappa shape index (κ1) is 16.0. The second-order valence-electron chi connectivity index (χ2n) is 5.33. The van der Waals surface area contributed by atoms with Crippen molar-refractivity contribution in [2.24, 2.45) is 0 Å². The SMILES string of the molecule is CCN(Cc1ccccc1)C(=O)OC(=O)OC(C)(C)C. The molecule has 1 rings (SSSR count). The lowest BCUT2D eigenvalue weighted by Crippen LogP contribution is -2.34. The highest BCUT2D eigenvalue weighted by Gasteiger charge is 2.23. The molecule has 0 saturated carbocycles. The summed E-state index contributed by atoms with van der Waals surface area (Å²) >= 11 is 0. The Morgan fingerprint density at radius 3 is 2.25 bits per heavy atom. The van der Waals surface area contributed by atoms with Gasteiger partial charge in [-0.15, -0.1) is 0 Å². The van der Waals surface area contributed by atoms with Crippen LogP contribution in [0.2, 0.25) is 0 Å². The van der Waals surface area contributed by atoms with Gasteiger partial charge in [-0.1, -0.05) is 30.3 Å². The predicted octanol–water partition coefficient (Wildman–Crippen LogP) is 3.58. The van der Waals surface area contributed by atoms with Crippen LogP contribution in [0.3, 0.4) is 0 Å². The molecule has 0 radical (unpaired) electrons. The van der Waals surface area contributed by atoms with Crippen molar-refractivity contribution in [1.82, 2.24) is 4.90 Å². The topological polar surface area (TPSA) is 55.8 Å². The van der Waals surface area contributed by atoms with Crippen molar-refractivity contribution in [1.29, 1.82) is 0 Å². The maximum atomic E-state index is 11.9. The highest BCUT2D eigenvalue weighted by atomic mass is 16.8. The average molecular weight is 279 g/mol. The maximum absolute atomic E-state index is 11.9. The van der Waals surface area contributed by atoms with E-state index in [9.17, 15) is 9.59 Å². The molecule has 0 unspecified atom stereocenters. The highest BCUT2D eigenvalue weighted by Crippen LogP contribution is 2.10. The molecule has 0 saturated heterocycles. The second kappa shape index (κ2) is 6.93. The molecule has 0 aliphatic carbocycles. The summed E-state index contributed by atoms with van der Waals surface area (Å²) in [5.41, 5.74) is 0.281. The fourth-order valence-electron chi connectivity index (χ4n) is 1.52. The van der Waals surface area contributed by atoms with Gasteiger partial charge in [-0.25, -0.2) is 9.59 Å². The van der Waals surface area contributed by atoms with E-state index >= 15 is 0 Å². The Labute approximate surface area is 119 Å². The Balaban J connectivity index is 2.57. The van der Waals surface area contributed by atoms with Crippen LogP contribution in [0, 0.1) is 0 Å². The van der Waals surface area contributed by atoms with Crippen LogP contribution in [0.25, 0.3) is 0 Å². The molecule has 0 N–H and O–H groups in total. The molecule has 0 atom stereocenters. The second-order valence-corrected chi connectivity index (χ2v) is 5.33. The quantitative estimate of drug-likeness (QED) is 0.627. The van der Waals surface area contributed by atoms with E-state index in [2.05, 4.69) is 4.74 Å². The molecule has 1 aromatic carbocycles. The van der Waals surface area contributed by atoms with Gasteiger partial charge in [-0.05, 0) is 33.3 Å². The van der Waals surface area contributed by atoms with Crippen LogP contribution in [-0.2, 0) is 16.0 Å². The summed E-state index contributed by atoms with van der Waals surface area (Å²) in [6.07, 6.45) is -1.68. The van der Waals surface area contributed by atoms with Gasteiger partial charge in [0.25, 0.3) is 0 Å². The Kier molecular flexibility index (Phi) is 5.55. The van der Waals surface area contributed by atoms with Crippen molar-refractivity contribution >= 4 is 12.2 Å². The van der Waals surface area contributed by atoms with Gasteiger partial charge in [-0.2, -0.15) is 0 Å². The Morgan fingerprint density at radius 2 is 1.75 bits per heavy atom. The zero-order chi connectivity index (χ0) is 15.2. The largest absolute Gasteiger partial charge is 0.517 e. The van der Waals surface area contributed by atoms with Crippen molar-refractivity contribution in [2.45, 2.75) is 39.8 Å². The minimum absolute atomic E-state index is 0.388. The fraction of sp³-hybridized carbons (Fsp3) is 0.467. The Bertz CT molecular complexity index is 451. The van der Waals surface area contributed by atoms with Gasteiger partial charge in [0.1, 0.15) is 5.60 Å². The van der Waals surface area contributed by atoms with Crippen molar-refractivity contribution in [3.05, 3.63) is 35.9 Å². The van der Waals surface area contributed by atoms with Gasteiger partial charge < -0.3 is 14.4 Å². The van der Waals surface area contributed by atoms with Crippen molar-refractivity contribution in [3.63, 3.8) is 0 Å². The molecule has 1 aromatic rings. The number of hydrogen-bond acceptors (Lipinski definition) is 4. The number of nitrogens with zero attached hydrogens (tertiary/aromatic N) is 1. The lowest BCUT2D eigenvalue weighted by atomic mass is 10.2. The van der Waals surface area contributed by atoms with Crippen molar-refractivity contribution in [2.75, 3.05) is 6.54 Å². The van der Waals surface area contributed by atoms with Gasteiger partial charge in [0.15, 0.2) is 0 Å². The molecular formula is C15H21NO4. The first-order chi connectivity index (χ1) is 9.31. The summed E-state index contributed by atoms with van der Waals surface area (Å²) in [6, 6.07) is 9.50. The molecule has 5 nitrogen and oxygen atoms in total. The first-order valence-electron chi connectivity index (χ1n) is 6.55. The van der Waals surface area contributed by atoms with Gasteiger partial charge in [0.05, 0.1) is 0 Å². The maximum Gasteiger partial charge on any atom is 0.517 e. The number of hydrogen-bond donors (Lipinski definition) is 0. The zero-order valence-corrected chi connectivity index (χ0v) is 12.4. The summed E-state index contributed by atoms with van der Waals surface area (Å²) in [5, 5.41) is 0. The predicted molar refractivity (Wildman–Crippen MR) is 75.2 cm³/mol. The van der Waals surface area contributed by atoms with Gasteiger partial charge >= 0.3 is 12.2 Å². The van der Waals surface area contributed by atoms with Gasteiger partial charge in [0, 0.05) is 13.1 Å². The third-order valence-electron chi connectivity index (χ3n) is 2.42. The minimum atomic E-state index is -0.978. The van der Waals surface area contributed by atoms with Crippen LogP contribution in [-0.4, -0.2) is 29.3 Å². The molecule has 0 spiro atoms. The molecule has 5 heteroatoms. The molecule has 0 fully saturated rings. The van der Waals surface area contributed by atoms with Crippen LogP contribution in [0.15, 0.2) is 30.3 Å². The lowest BCUT2D eigenvalue weighted by molar-refractivity contribution is 0.00255. The van der Waals surface area contributed by atoms with Crippen LogP contribution in [0.5, 0.6) is 0 Å². The number of rotatable bonds is 3. The van der Waals surface area contributed by atoms with E-state index in [1.165, 1.54) is 4.90 Å². The van der Waals surface area contributed by atoms with Crippen LogP contribution in [0.4, 0.5) is 9.59 Å².